The van der Waals surface area contributed by atoms with Crippen LogP contribution in [0.5, 0.6) is 0 Å². The van der Waals surface area contributed by atoms with Crippen LogP contribution in [0.4, 0.5) is 0 Å². The number of amides is 1. The van der Waals surface area contributed by atoms with Gasteiger partial charge in [0.05, 0.1) is 5.41 Å². The Labute approximate surface area is 134 Å². The summed E-state index contributed by atoms with van der Waals surface area (Å²) >= 11 is 0. The van der Waals surface area contributed by atoms with Gasteiger partial charge in [0, 0.05) is 12.6 Å². The van der Waals surface area contributed by atoms with Crippen molar-refractivity contribution in [1.82, 2.24) is 5.32 Å². The molecule has 2 atom stereocenters. The maximum Gasteiger partial charge on any atom is 0.230 e. The number of aliphatic hydroxyl groups is 1. The zero-order valence-corrected chi connectivity index (χ0v) is 14.4. The molecule has 2 rings (SSSR count). The van der Waals surface area contributed by atoms with Gasteiger partial charge in [-0.1, -0.05) is 52.0 Å². The van der Waals surface area contributed by atoms with Crippen molar-refractivity contribution >= 4 is 5.91 Å². The third kappa shape index (κ3) is 3.35. The average molecular weight is 303 g/mol. The second kappa shape index (κ2) is 6.04. The first-order chi connectivity index (χ1) is 10.2. The second-order valence-electron chi connectivity index (χ2n) is 7.83. The van der Waals surface area contributed by atoms with Crippen LogP contribution in [0.1, 0.15) is 58.6 Å². The summed E-state index contributed by atoms with van der Waals surface area (Å²) in [6, 6.07) is 8.48. The van der Waals surface area contributed by atoms with Crippen LogP contribution >= 0.6 is 0 Å². The summed E-state index contributed by atoms with van der Waals surface area (Å²) in [6.45, 7) is 10.6. The highest BCUT2D eigenvalue weighted by atomic mass is 16.3. The molecule has 1 saturated carbocycles. The van der Waals surface area contributed by atoms with Gasteiger partial charge >= 0.3 is 0 Å². The van der Waals surface area contributed by atoms with E-state index < -0.39 is 0 Å². The molecule has 3 heteroatoms. The van der Waals surface area contributed by atoms with Crippen molar-refractivity contribution in [1.29, 1.82) is 0 Å². The molecule has 0 bridgehead atoms. The van der Waals surface area contributed by atoms with Crippen LogP contribution in [0.2, 0.25) is 0 Å². The topological polar surface area (TPSA) is 49.3 Å². The van der Waals surface area contributed by atoms with Crippen molar-refractivity contribution in [2.24, 2.45) is 5.92 Å². The molecule has 122 valence electrons. The van der Waals surface area contributed by atoms with Crippen LogP contribution in [-0.4, -0.2) is 23.7 Å². The number of hydrogen-bond acceptors (Lipinski definition) is 2. The molecule has 2 N–H and O–H groups in total. The van der Waals surface area contributed by atoms with Gasteiger partial charge in [-0.05, 0) is 42.2 Å². The summed E-state index contributed by atoms with van der Waals surface area (Å²) in [7, 11) is 0. The van der Waals surface area contributed by atoms with Crippen molar-refractivity contribution in [3.8, 4) is 0 Å². The van der Waals surface area contributed by atoms with E-state index >= 15 is 0 Å². The number of benzene rings is 1. The molecular formula is C19H29NO2. The smallest absolute Gasteiger partial charge is 0.230 e. The van der Waals surface area contributed by atoms with Gasteiger partial charge in [-0.15, -0.1) is 0 Å². The maximum absolute atomic E-state index is 12.6. The number of aliphatic hydroxyl groups excluding tert-OH is 1. The molecule has 3 nitrogen and oxygen atoms in total. The summed E-state index contributed by atoms with van der Waals surface area (Å²) in [5.74, 6) is 0.173. The third-order valence-electron chi connectivity index (χ3n) is 4.99. The van der Waals surface area contributed by atoms with Gasteiger partial charge in [-0.25, -0.2) is 0 Å². The quantitative estimate of drug-likeness (QED) is 0.878. The fourth-order valence-electron chi connectivity index (χ4n) is 2.71. The van der Waals surface area contributed by atoms with Gasteiger partial charge in [0.15, 0.2) is 0 Å². The average Bonchev–Trinajstić information content (AvgIpc) is 3.27. The van der Waals surface area contributed by atoms with Gasteiger partial charge in [0.25, 0.3) is 0 Å². The molecule has 2 unspecified atom stereocenters. The van der Waals surface area contributed by atoms with E-state index in [1.165, 1.54) is 5.56 Å². The minimum absolute atomic E-state index is 0.0103. The lowest BCUT2D eigenvalue weighted by molar-refractivity contribution is -0.124. The Balaban J connectivity index is 2.12. The van der Waals surface area contributed by atoms with Crippen LogP contribution in [-0.2, 0) is 15.6 Å². The van der Waals surface area contributed by atoms with E-state index in [0.29, 0.717) is 0 Å². The summed E-state index contributed by atoms with van der Waals surface area (Å²) in [5, 5.41) is 12.3. The highest BCUT2D eigenvalue weighted by Crippen LogP contribution is 2.48. The third-order valence-corrected chi connectivity index (χ3v) is 4.99. The molecule has 1 fully saturated rings. The number of carbonyl (C=O) groups excluding carboxylic acids is 1. The van der Waals surface area contributed by atoms with E-state index in [9.17, 15) is 9.90 Å². The van der Waals surface area contributed by atoms with Crippen molar-refractivity contribution < 1.29 is 9.90 Å². The first-order valence-electron chi connectivity index (χ1n) is 8.23. The first kappa shape index (κ1) is 17.0. The van der Waals surface area contributed by atoms with E-state index in [1.807, 2.05) is 13.8 Å². The summed E-state index contributed by atoms with van der Waals surface area (Å²) < 4.78 is 0. The van der Waals surface area contributed by atoms with Crippen LogP contribution in [0.25, 0.3) is 0 Å². The molecule has 0 aliphatic heterocycles. The SMILES string of the molecule is CC(CO)C(C)NC(=O)C1(c2ccc(C(C)(C)C)cc2)CC1. The normalized spacial score (nSPS) is 19.4. The monoisotopic (exact) mass is 303 g/mol. The van der Waals surface area contributed by atoms with Crippen LogP contribution in [0.3, 0.4) is 0 Å². The summed E-state index contributed by atoms with van der Waals surface area (Å²) in [5.41, 5.74) is 2.18. The molecule has 0 saturated heterocycles. The number of rotatable bonds is 5. The molecule has 0 radical (unpaired) electrons. The molecule has 1 amide bonds. The minimum Gasteiger partial charge on any atom is -0.396 e. The Bertz CT molecular complexity index is 523. The Hall–Kier alpha value is -1.35. The summed E-state index contributed by atoms with van der Waals surface area (Å²) in [4.78, 5) is 12.6. The van der Waals surface area contributed by atoms with Gasteiger partial charge < -0.3 is 10.4 Å². The van der Waals surface area contributed by atoms with Crippen LogP contribution in [0, 0.1) is 5.92 Å². The van der Waals surface area contributed by atoms with Crippen LogP contribution < -0.4 is 5.32 Å². The molecule has 0 spiro atoms. The van der Waals surface area contributed by atoms with E-state index in [1.54, 1.807) is 0 Å². The lowest BCUT2D eigenvalue weighted by Crippen LogP contribution is -2.43. The minimum atomic E-state index is -0.347. The molecule has 22 heavy (non-hydrogen) atoms. The lowest BCUT2D eigenvalue weighted by Gasteiger charge is -2.24. The standard InChI is InChI=1S/C19H29NO2/c1-13(12-21)14(2)20-17(22)19(10-11-19)16-8-6-15(7-9-16)18(3,4)5/h6-9,13-14,21H,10-12H2,1-5H3,(H,20,22). The molecule has 1 aromatic rings. The fraction of sp³-hybridized carbons (Fsp3) is 0.632. The fourth-order valence-corrected chi connectivity index (χ4v) is 2.71. The van der Waals surface area contributed by atoms with Crippen molar-refractivity contribution in [3.05, 3.63) is 35.4 Å². The zero-order chi connectivity index (χ0) is 16.5. The van der Waals surface area contributed by atoms with Gasteiger partial charge in [-0.2, -0.15) is 0 Å². The van der Waals surface area contributed by atoms with Gasteiger partial charge in [0.1, 0.15) is 0 Å². The maximum atomic E-state index is 12.6. The Morgan fingerprint density at radius 3 is 2.18 bits per heavy atom. The largest absolute Gasteiger partial charge is 0.396 e. The molecule has 0 aromatic heterocycles. The number of hydrogen-bond donors (Lipinski definition) is 2. The highest BCUT2D eigenvalue weighted by molar-refractivity contribution is 5.91. The predicted octanol–water partition coefficient (Wildman–Crippen LogP) is 3.15. The second-order valence-corrected chi connectivity index (χ2v) is 7.83. The van der Waals surface area contributed by atoms with E-state index in [4.69, 9.17) is 0 Å². The molecule has 1 aromatic carbocycles. The van der Waals surface area contributed by atoms with E-state index in [-0.39, 0.29) is 35.3 Å². The van der Waals surface area contributed by atoms with Crippen molar-refractivity contribution in [2.75, 3.05) is 6.61 Å². The predicted molar refractivity (Wildman–Crippen MR) is 89.9 cm³/mol. The van der Waals surface area contributed by atoms with Crippen LogP contribution in [0.15, 0.2) is 24.3 Å². The van der Waals surface area contributed by atoms with Crippen molar-refractivity contribution in [3.63, 3.8) is 0 Å². The van der Waals surface area contributed by atoms with Crippen molar-refractivity contribution in [2.45, 2.75) is 64.3 Å². The molecular weight excluding hydrogens is 274 g/mol. The highest BCUT2D eigenvalue weighted by Gasteiger charge is 2.51. The number of carbonyl (C=O) groups is 1. The molecule has 1 aliphatic carbocycles. The lowest BCUT2D eigenvalue weighted by atomic mass is 9.84. The number of nitrogens with one attached hydrogen (secondary N) is 1. The zero-order valence-electron chi connectivity index (χ0n) is 14.4. The first-order valence-corrected chi connectivity index (χ1v) is 8.23. The Morgan fingerprint density at radius 1 is 1.23 bits per heavy atom. The van der Waals surface area contributed by atoms with Gasteiger partial charge in [0.2, 0.25) is 5.91 Å². The van der Waals surface area contributed by atoms with Gasteiger partial charge in [-0.3, -0.25) is 4.79 Å². The molecule has 0 heterocycles. The van der Waals surface area contributed by atoms with E-state index in [0.717, 1.165) is 18.4 Å². The summed E-state index contributed by atoms with van der Waals surface area (Å²) in [6.07, 6.45) is 1.82. The molecule has 1 aliphatic rings. The Morgan fingerprint density at radius 2 is 1.77 bits per heavy atom. The van der Waals surface area contributed by atoms with E-state index in [2.05, 4.69) is 50.4 Å². The Kier molecular flexibility index (Phi) is 4.67.